The lowest BCUT2D eigenvalue weighted by Gasteiger charge is -2.17. The van der Waals surface area contributed by atoms with Crippen molar-refractivity contribution in [3.05, 3.63) is 57.6 Å². The van der Waals surface area contributed by atoms with Crippen molar-refractivity contribution < 1.29 is 23.1 Å². The van der Waals surface area contributed by atoms with Gasteiger partial charge in [-0.15, -0.1) is 0 Å². The van der Waals surface area contributed by atoms with E-state index in [9.17, 15) is 18.0 Å². The van der Waals surface area contributed by atoms with Crippen LogP contribution in [0.1, 0.15) is 30.4 Å². The van der Waals surface area contributed by atoms with Crippen molar-refractivity contribution in [2.45, 2.75) is 25.4 Å². The highest BCUT2D eigenvalue weighted by Gasteiger charge is 2.35. The van der Waals surface area contributed by atoms with Crippen molar-refractivity contribution in [2.75, 3.05) is 0 Å². The van der Waals surface area contributed by atoms with E-state index in [1.54, 1.807) is 6.92 Å². The van der Waals surface area contributed by atoms with Crippen LogP contribution in [-0.4, -0.2) is 11.1 Å². The number of aliphatic carboxylic acids is 1. The number of alkyl halides is 3. The largest absolute Gasteiger partial charge is 0.481 e. The van der Waals surface area contributed by atoms with Crippen LogP contribution in [0.5, 0.6) is 0 Å². The molecule has 2 aromatic carbocycles. The Bertz CT molecular complexity index is 753. The predicted octanol–water partition coefficient (Wildman–Crippen LogP) is 6.26. The molecule has 0 aliphatic carbocycles. The van der Waals surface area contributed by atoms with Crippen LogP contribution in [0.15, 0.2) is 36.4 Å². The zero-order chi connectivity index (χ0) is 18.1. The van der Waals surface area contributed by atoms with Gasteiger partial charge in [-0.25, -0.2) is 0 Å². The molecule has 0 saturated carbocycles. The van der Waals surface area contributed by atoms with Crippen LogP contribution in [0.3, 0.4) is 0 Å². The fraction of sp³-hybridized carbons (Fsp3) is 0.235. The molecule has 0 bridgehead atoms. The molecule has 0 unspecified atom stereocenters. The van der Waals surface area contributed by atoms with E-state index in [1.165, 1.54) is 30.3 Å². The number of hydrogen-bond donors (Lipinski definition) is 1. The van der Waals surface area contributed by atoms with E-state index in [0.717, 1.165) is 6.07 Å². The van der Waals surface area contributed by atoms with Gasteiger partial charge in [-0.3, -0.25) is 4.79 Å². The van der Waals surface area contributed by atoms with E-state index >= 15 is 0 Å². The first-order valence-corrected chi connectivity index (χ1v) is 7.79. The molecule has 0 fully saturated rings. The normalized spacial score (nSPS) is 12.9. The summed E-state index contributed by atoms with van der Waals surface area (Å²) in [6.07, 6.45) is -4.45. The topological polar surface area (TPSA) is 37.3 Å². The van der Waals surface area contributed by atoms with Crippen molar-refractivity contribution >= 4 is 29.2 Å². The molecule has 0 heterocycles. The molecule has 24 heavy (non-hydrogen) atoms. The maximum Gasteiger partial charge on any atom is 0.417 e. The Hall–Kier alpha value is -1.72. The van der Waals surface area contributed by atoms with Crippen LogP contribution in [0, 0.1) is 0 Å². The first kappa shape index (κ1) is 18.6. The van der Waals surface area contributed by atoms with Crippen molar-refractivity contribution in [2.24, 2.45) is 0 Å². The van der Waals surface area contributed by atoms with Crippen LogP contribution in [0.2, 0.25) is 10.0 Å². The molecule has 0 aliphatic rings. The molecule has 0 spiro atoms. The van der Waals surface area contributed by atoms with E-state index in [-0.39, 0.29) is 33.2 Å². The van der Waals surface area contributed by atoms with Gasteiger partial charge in [0, 0.05) is 10.0 Å². The van der Waals surface area contributed by atoms with Crippen molar-refractivity contribution in [1.29, 1.82) is 0 Å². The Morgan fingerprint density at radius 1 is 1.12 bits per heavy atom. The quantitative estimate of drug-likeness (QED) is 0.683. The molecule has 128 valence electrons. The number of rotatable bonds is 4. The molecule has 0 radical (unpaired) electrons. The summed E-state index contributed by atoms with van der Waals surface area (Å²) < 4.78 is 40.4. The molecular formula is C17H13Cl2F3O2. The molecule has 1 atom stereocenters. The lowest BCUT2D eigenvalue weighted by molar-refractivity contribution is -0.140. The third-order valence-corrected chi connectivity index (χ3v) is 4.07. The molecule has 0 aromatic heterocycles. The van der Waals surface area contributed by atoms with Gasteiger partial charge in [-0.05, 0) is 47.4 Å². The molecule has 0 saturated heterocycles. The van der Waals surface area contributed by atoms with Gasteiger partial charge in [0.1, 0.15) is 0 Å². The summed E-state index contributed by atoms with van der Waals surface area (Å²) in [5.74, 6) is -2.16. The van der Waals surface area contributed by atoms with Gasteiger partial charge in [0.25, 0.3) is 0 Å². The highest BCUT2D eigenvalue weighted by atomic mass is 35.5. The van der Waals surface area contributed by atoms with Gasteiger partial charge in [0.2, 0.25) is 0 Å². The summed E-state index contributed by atoms with van der Waals surface area (Å²) in [5, 5.41) is 9.59. The van der Waals surface area contributed by atoms with Gasteiger partial charge >= 0.3 is 12.1 Å². The van der Waals surface area contributed by atoms with Crippen molar-refractivity contribution in [3.8, 4) is 11.1 Å². The number of carboxylic acids is 1. The highest BCUT2D eigenvalue weighted by molar-refractivity contribution is 6.35. The van der Waals surface area contributed by atoms with E-state index in [1.807, 2.05) is 0 Å². The molecule has 2 aromatic rings. The van der Waals surface area contributed by atoms with E-state index in [4.69, 9.17) is 28.3 Å². The van der Waals surface area contributed by atoms with E-state index in [2.05, 4.69) is 0 Å². The summed E-state index contributed by atoms with van der Waals surface area (Å²) in [4.78, 5) is 11.2. The summed E-state index contributed by atoms with van der Waals surface area (Å²) >= 11 is 11.7. The summed E-state index contributed by atoms with van der Waals surface area (Å²) in [6, 6.07) is 7.71. The number of hydrogen-bond acceptors (Lipinski definition) is 1. The highest BCUT2D eigenvalue weighted by Crippen LogP contribution is 2.40. The zero-order valence-electron chi connectivity index (χ0n) is 12.5. The standard InChI is InChI=1S/C17H13Cl2F3O2/c1-2-13(16(23)24)9-3-4-14(15(7-9)17(20,21)22)10-5-11(18)8-12(19)6-10/h3-8,13H,2H2,1H3,(H,23,24)/t13-/m1/s1. The van der Waals surface area contributed by atoms with E-state index < -0.39 is 23.6 Å². The van der Waals surface area contributed by atoms with Gasteiger partial charge < -0.3 is 5.11 Å². The Morgan fingerprint density at radius 2 is 1.71 bits per heavy atom. The second kappa shape index (κ2) is 7.03. The van der Waals surface area contributed by atoms with Crippen LogP contribution in [0.25, 0.3) is 11.1 Å². The predicted molar refractivity (Wildman–Crippen MR) is 87.6 cm³/mol. The summed E-state index contributed by atoms with van der Waals surface area (Å²) in [5.41, 5.74) is -0.696. The minimum absolute atomic E-state index is 0.101. The van der Waals surface area contributed by atoms with Gasteiger partial charge in [-0.2, -0.15) is 13.2 Å². The maximum absolute atomic E-state index is 13.5. The number of carbonyl (C=O) groups is 1. The molecule has 7 heteroatoms. The molecule has 0 aliphatic heterocycles. The molecular weight excluding hydrogens is 364 g/mol. The summed E-state index contributed by atoms with van der Waals surface area (Å²) in [7, 11) is 0. The van der Waals surface area contributed by atoms with Gasteiger partial charge in [0.05, 0.1) is 11.5 Å². The smallest absolute Gasteiger partial charge is 0.417 e. The van der Waals surface area contributed by atoms with Gasteiger partial charge in [0.15, 0.2) is 0 Å². The SMILES string of the molecule is CC[C@@H](C(=O)O)c1ccc(-c2cc(Cl)cc(Cl)c2)c(C(F)(F)F)c1. The average molecular weight is 377 g/mol. The Balaban J connectivity index is 2.67. The number of halogens is 5. The monoisotopic (exact) mass is 376 g/mol. The minimum atomic E-state index is -4.64. The van der Waals surface area contributed by atoms with Crippen LogP contribution in [-0.2, 0) is 11.0 Å². The second-order valence-electron chi connectivity index (χ2n) is 5.26. The van der Waals surface area contributed by atoms with Crippen LogP contribution in [0.4, 0.5) is 13.2 Å². The Labute approximate surface area is 146 Å². The lowest BCUT2D eigenvalue weighted by Crippen LogP contribution is -2.13. The second-order valence-corrected chi connectivity index (χ2v) is 6.13. The molecule has 0 amide bonds. The van der Waals surface area contributed by atoms with Crippen LogP contribution >= 0.6 is 23.2 Å². The first-order valence-electron chi connectivity index (χ1n) is 7.04. The van der Waals surface area contributed by atoms with Crippen molar-refractivity contribution in [1.82, 2.24) is 0 Å². The molecule has 2 nitrogen and oxygen atoms in total. The van der Waals surface area contributed by atoms with Crippen molar-refractivity contribution in [3.63, 3.8) is 0 Å². The average Bonchev–Trinajstić information content (AvgIpc) is 2.45. The van der Waals surface area contributed by atoms with E-state index in [0.29, 0.717) is 0 Å². The third-order valence-electron chi connectivity index (χ3n) is 3.63. The Morgan fingerprint density at radius 3 is 2.17 bits per heavy atom. The van der Waals surface area contributed by atoms with Crippen LogP contribution < -0.4 is 0 Å². The lowest BCUT2D eigenvalue weighted by atomic mass is 9.90. The zero-order valence-corrected chi connectivity index (χ0v) is 14.0. The maximum atomic E-state index is 13.5. The fourth-order valence-electron chi connectivity index (χ4n) is 2.53. The van der Waals surface area contributed by atoms with Gasteiger partial charge in [-0.1, -0.05) is 42.3 Å². The molecule has 1 N–H and O–H groups in total. The number of benzene rings is 2. The molecule has 2 rings (SSSR count). The third kappa shape index (κ3) is 4.02. The number of carboxylic acid groups (broad SMARTS) is 1. The fourth-order valence-corrected chi connectivity index (χ4v) is 3.05. The first-order chi connectivity index (χ1) is 11.1. The summed E-state index contributed by atoms with van der Waals surface area (Å²) in [6.45, 7) is 1.61. The minimum Gasteiger partial charge on any atom is -0.481 e. The Kier molecular flexibility index (Phi) is 5.45.